The van der Waals surface area contributed by atoms with Crippen molar-refractivity contribution in [1.29, 1.82) is 0 Å². The molecule has 0 spiro atoms. The van der Waals surface area contributed by atoms with E-state index in [4.69, 9.17) is 4.74 Å². The van der Waals surface area contributed by atoms with Gasteiger partial charge in [0.2, 0.25) is 0 Å². The Bertz CT molecular complexity index is 773. The van der Waals surface area contributed by atoms with Crippen LogP contribution in [0.4, 0.5) is 11.5 Å². The van der Waals surface area contributed by atoms with Gasteiger partial charge in [0.15, 0.2) is 11.5 Å². The third-order valence-electron chi connectivity index (χ3n) is 5.09. The molecule has 2 heterocycles. The molecular formula is C21H29N5O2. The lowest BCUT2D eigenvalue weighted by molar-refractivity contribution is 0.0786. The Morgan fingerprint density at radius 2 is 1.79 bits per heavy atom. The highest BCUT2D eigenvalue weighted by atomic mass is 16.5. The molecule has 1 aliphatic rings. The van der Waals surface area contributed by atoms with E-state index in [0.717, 1.165) is 62.8 Å². The number of anilines is 2. The second kappa shape index (κ2) is 9.39. The molecule has 7 nitrogen and oxygen atoms in total. The summed E-state index contributed by atoms with van der Waals surface area (Å²) in [5.41, 5.74) is 1.52. The third-order valence-corrected chi connectivity index (χ3v) is 5.09. The molecule has 1 saturated heterocycles. The first-order valence-electron chi connectivity index (χ1n) is 9.86. The van der Waals surface area contributed by atoms with Crippen molar-refractivity contribution >= 4 is 17.4 Å². The molecular weight excluding hydrogens is 354 g/mol. The number of hydrogen-bond donors (Lipinski definition) is 0. The molecule has 0 saturated carbocycles. The number of amides is 1. The largest absolute Gasteiger partial charge is 0.495 e. The van der Waals surface area contributed by atoms with Crippen molar-refractivity contribution in [1.82, 2.24) is 15.1 Å². The normalized spacial score (nSPS) is 14.1. The van der Waals surface area contributed by atoms with Crippen molar-refractivity contribution in [3.05, 3.63) is 42.1 Å². The molecule has 1 aromatic carbocycles. The smallest absolute Gasteiger partial charge is 0.274 e. The van der Waals surface area contributed by atoms with E-state index in [9.17, 15) is 4.79 Å². The molecule has 0 bridgehead atoms. The number of ether oxygens (including phenoxy) is 1. The van der Waals surface area contributed by atoms with Crippen LogP contribution in [0.2, 0.25) is 0 Å². The number of rotatable bonds is 7. The molecule has 1 aliphatic heterocycles. The Labute approximate surface area is 166 Å². The van der Waals surface area contributed by atoms with E-state index in [-0.39, 0.29) is 5.91 Å². The first-order valence-corrected chi connectivity index (χ1v) is 9.86. The zero-order valence-electron chi connectivity index (χ0n) is 17.0. The molecule has 0 radical (unpaired) electrons. The molecule has 1 fully saturated rings. The highest BCUT2D eigenvalue weighted by Gasteiger charge is 2.21. The van der Waals surface area contributed by atoms with Crippen LogP contribution in [0, 0.1) is 0 Å². The van der Waals surface area contributed by atoms with E-state index >= 15 is 0 Å². The predicted octanol–water partition coefficient (Wildman–Crippen LogP) is 2.68. The summed E-state index contributed by atoms with van der Waals surface area (Å²) in [4.78, 5) is 18.6. The molecule has 150 valence electrons. The second-order valence-corrected chi connectivity index (χ2v) is 7.00. The maximum atomic E-state index is 12.4. The van der Waals surface area contributed by atoms with Crippen molar-refractivity contribution in [3.8, 4) is 5.75 Å². The maximum Gasteiger partial charge on any atom is 0.274 e. The van der Waals surface area contributed by atoms with Crippen molar-refractivity contribution in [2.24, 2.45) is 0 Å². The average molecular weight is 383 g/mol. The summed E-state index contributed by atoms with van der Waals surface area (Å²) in [5, 5.41) is 8.47. The highest BCUT2D eigenvalue weighted by Crippen LogP contribution is 2.28. The second-order valence-electron chi connectivity index (χ2n) is 7.00. The molecule has 3 rings (SSSR count). The molecule has 0 N–H and O–H groups in total. The molecule has 0 unspecified atom stereocenters. The van der Waals surface area contributed by atoms with Crippen molar-refractivity contribution in [2.45, 2.75) is 19.8 Å². The zero-order chi connectivity index (χ0) is 19.9. The van der Waals surface area contributed by atoms with Crippen molar-refractivity contribution in [2.75, 3.05) is 56.7 Å². The van der Waals surface area contributed by atoms with Gasteiger partial charge in [0, 0.05) is 39.8 Å². The number of hydrogen-bond acceptors (Lipinski definition) is 6. The SMILES string of the molecule is CCCCN(C)C(=O)c1ccc(N2CCN(c3ccccc3OC)CC2)nn1. The lowest BCUT2D eigenvalue weighted by Gasteiger charge is -2.37. The average Bonchev–Trinajstić information content (AvgIpc) is 2.77. The standard InChI is InChI=1S/C21H29N5O2/c1-4-5-12-24(2)21(27)17-10-11-20(23-22-17)26-15-13-25(14-16-26)18-8-6-7-9-19(18)28-3/h6-11H,4-5,12-16H2,1-3H3. The van der Waals surface area contributed by atoms with Gasteiger partial charge in [0.05, 0.1) is 12.8 Å². The number of carbonyl (C=O) groups excluding carboxylic acids is 1. The van der Waals surface area contributed by atoms with Gasteiger partial charge in [-0.1, -0.05) is 25.5 Å². The lowest BCUT2D eigenvalue weighted by Crippen LogP contribution is -2.47. The summed E-state index contributed by atoms with van der Waals surface area (Å²) in [6, 6.07) is 11.8. The van der Waals surface area contributed by atoms with Crippen LogP contribution in [0.15, 0.2) is 36.4 Å². The molecule has 0 atom stereocenters. The molecule has 7 heteroatoms. The number of benzene rings is 1. The molecule has 28 heavy (non-hydrogen) atoms. The summed E-state index contributed by atoms with van der Waals surface area (Å²) >= 11 is 0. The van der Waals surface area contributed by atoms with Crippen LogP contribution in [0.25, 0.3) is 0 Å². The summed E-state index contributed by atoms with van der Waals surface area (Å²) in [6.07, 6.45) is 2.05. The highest BCUT2D eigenvalue weighted by molar-refractivity contribution is 5.92. The van der Waals surface area contributed by atoms with Crippen LogP contribution < -0.4 is 14.5 Å². The van der Waals surface area contributed by atoms with Crippen LogP contribution in [0.5, 0.6) is 5.75 Å². The Hall–Kier alpha value is -2.83. The van der Waals surface area contributed by atoms with Gasteiger partial charge < -0.3 is 19.4 Å². The van der Waals surface area contributed by atoms with Crippen LogP contribution in [-0.2, 0) is 0 Å². The minimum atomic E-state index is -0.0755. The Kier molecular flexibility index (Phi) is 6.68. The third kappa shape index (κ3) is 4.52. The number of para-hydroxylation sites is 2. The number of aromatic nitrogens is 2. The fourth-order valence-electron chi connectivity index (χ4n) is 3.37. The summed E-state index contributed by atoms with van der Waals surface area (Å²) in [6.45, 7) is 6.29. The van der Waals surface area contributed by atoms with Crippen LogP contribution >= 0.6 is 0 Å². The van der Waals surface area contributed by atoms with Crippen LogP contribution in [0.1, 0.15) is 30.3 Å². The van der Waals surface area contributed by atoms with E-state index in [0.29, 0.717) is 5.69 Å². The molecule has 1 amide bonds. The zero-order valence-corrected chi connectivity index (χ0v) is 17.0. The monoisotopic (exact) mass is 383 g/mol. The Balaban J connectivity index is 1.59. The maximum absolute atomic E-state index is 12.4. The fraction of sp³-hybridized carbons (Fsp3) is 0.476. The quantitative estimate of drug-likeness (QED) is 0.733. The fourth-order valence-corrected chi connectivity index (χ4v) is 3.37. The lowest BCUT2D eigenvalue weighted by atomic mass is 10.2. The van der Waals surface area contributed by atoms with Gasteiger partial charge >= 0.3 is 0 Å². The van der Waals surface area contributed by atoms with Gasteiger partial charge in [0.1, 0.15) is 5.75 Å². The van der Waals surface area contributed by atoms with Gasteiger partial charge in [0.25, 0.3) is 5.91 Å². The number of methoxy groups -OCH3 is 1. The topological polar surface area (TPSA) is 61.8 Å². The van der Waals surface area contributed by atoms with Gasteiger partial charge in [-0.05, 0) is 30.7 Å². The minimum absolute atomic E-state index is 0.0755. The molecule has 2 aromatic rings. The van der Waals surface area contributed by atoms with Crippen molar-refractivity contribution < 1.29 is 9.53 Å². The first kappa shape index (κ1) is 19.9. The number of piperazine rings is 1. The van der Waals surface area contributed by atoms with E-state index < -0.39 is 0 Å². The van der Waals surface area contributed by atoms with Gasteiger partial charge in [-0.15, -0.1) is 10.2 Å². The van der Waals surface area contributed by atoms with E-state index in [1.54, 1.807) is 18.1 Å². The molecule has 1 aromatic heterocycles. The first-order chi connectivity index (χ1) is 13.6. The van der Waals surface area contributed by atoms with Gasteiger partial charge in [-0.25, -0.2) is 0 Å². The number of unbranched alkanes of at least 4 members (excludes halogenated alkanes) is 1. The van der Waals surface area contributed by atoms with Gasteiger partial charge in [-0.2, -0.15) is 0 Å². The Morgan fingerprint density at radius 3 is 2.43 bits per heavy atom. The Morgan fingerprint density at radius 1 is 1.07 bits per heavy atom. The molecule has 0 aliphatic carbocycles. The van der Waals surface area contributed by atoms with Crippen LogP contribution in [-0.4, -0.2) is 67.9 Å². The minimum Gasteiger partial charge on any atom is -0.495 e. The summed E-state index contributed by atoms with van der Waals surface area (Å²) in [7, 11) is 3.51. The van der Waals surface area contributed by atoms with E-state index in [1.807, 2.05) is 31.3 Å². The van der Waals surface area contributed by atoms with E-state index in [2.05, 4.69) is 33.0 Å². The summed E-state index contributed by atoms with van der Waals surface area (Å²) in [5.74, 6) is 1.63. The van der Waals surface area contributed by atoms with Crippen molar-refractivity contribution in [3.63, 3.8) is 0 Å². The predicted molar refractivity (Wildman–Crippen MR) is 111 cm³/mol. The summed E-state index contributed by atoms with van der Waals surface area (Å²) < 4.78 is 5.48. The van der Waals surface area contributed by atoms with E-state index in [1.165, 1.54) is 0 Å². The van der Waals surface area contributed by atoms with Gasteiger partial charge in [-0.3, -0.25) is 4.79 Å². The van der Waals surface area contributed by atoms with Crippen LogP contribution in [0.3, 0.4) is 0 Å². The number of carbonyl (C=O) groups is 1. The number of nitrogens with zero attached hydrogens (tertiary/aromatic N) is 5.